The van der Waals surface area contributed by atoms with Gasteiger partial charge in [-0.2, -0.15) is 0 Å². The Balaban J connectivity index is 3.00. The molecule has 2 amide bonds. The van der Waals surface area contributed by atoms with Gasteiger partial charge < -0.3 is 10.6 Å². The molecule has 0 heterocycles. The van der Waals surface area contributed by atoms with E-state index >= 15 is 0 Å². The molecule has 0 fully saturated rings. The molecule has 1 rings (SSSR count). The molecule has 19 heavy (non-hydrogen) atoms. The molecule has 0 unspecified atom stereocenters. The highest BCUT2D eigenvalue weighted by Gasteiger charge is 2.19. The highest BCUT2D eigenvalue weighted by molar-refractivity contribution is 9.10. The van der Waals surface area contributed by atoms with Crippen LogP contribution in [0.2, 0.25) is 5.02 Å². The van der Waals surface area contributed by atoms with Crippen LogP contribution in [0.3, 0.4) is 0 Å². The fraction of sp³-hybridized carbons (Fsp3) is 0.385. The maximum Gasteiger partial charge on any atom is 0.254 e. The van der Waals surface area contributed by atoms with Crippen LogP contribution in [0.1, 0.15) is 24.2 Å². The number of halogens is 2. The SMILES string of the molecule is CC(C)CN(CC(N)=O)C(=O)c1cc(Cl)cc(Br)c1. The number of carbonyl (C=O) groups is 2. The van der Waals surface area contributed by atoms with Gasteiger partial charge in [-0.25, -0.2) is 0 Å². The Labute approximate surface area is 126 Å². The molecular formula is C13H16BrClN2O2. The number of hydrogen-bond donors (Lipinski definition) is 1. The summed E-state index contributed by atoms with van der Waals surface area (Å²) in [6, 6.07) is 4.94. The number of primary amides is 1. The van der Waals surface area contributed by atoms with Crippen LogP contribution in [0.15, 0.2) is 22.7 Å². The smallest absolute Gasteiger partial charge is 0.254 e. The van der Waals surface area contributed by atoms with Crippen LogP contribution in [0.5, 0.6) is 0 Å². The predicted octanol–water partition coefficient (Wildman–Crippen LogP) is 2.69. The Kier molecular flexibility index (Phi) is 5.82. The van der Waals surface area contributed by atoms with Crippen molar-refractivity contribution in [2.24, 2.45) is 11.7 Å². The summed E-state index contributed by atoms with van der Waals surface area (Å²) in [7, 11) is 0. The van der Waals surface area contributed by atoms with Crippen molar-refractivity contribution < 1.29 is 9.59 Å². The molecule has 0 saturated heterocycles. The van der Waals surface area contributed by atoms with Crippen LogP contribution < -0.4 is 5.73 Å². The van der Waals surface area contributed by atoms with Crippen LogP contribution in [-0.2, 0) is 4.79 Å². The zero-order valence-corrected chi connectivity index (χ0v) is 13.2. The molecule has 104 valence electrons. The zero-order valence-electron chi connectivity index (χ0n) is 10.8. The summed E-state index contributed by atoms with van der Waals surface area (Å²) in [5, 5.41) is 0.460. The molecule has 0 aliphatic heterocycles. The Morgan fingerprint density at radius 1 is 1.37 bits per heavy atom. The maximum absolute atomic E-state index is 12.4. The van der Waals surface area contributed by atoms with Gasteiger partial charge in [0, 0.05) is 21.6 Å². The monoisotopic (exact) mass is 346 g/mol. The van der Waals surface area contributed by atoms with E-state index in [9.17, 15) is 9.59 Å². The van der Waals surface area contributed by atoms with E-state index in [0.29, 0.717) is 21.6 Å². The average molecular weight is 348 g/mol. The van der Waals surface area contributed by atoms with Crippen molar-refractivity contribution in [2.45, 2.75) is 13.8 Å². The van der Waals surface area contributed by atoms with E-state index in [-0.39, 0.29) is 18.4 Å². The quantitative estimate of drug-likeness (QED) is 0.890. The van der Waals surface area contributed by atoms with Crippen molar-refractivity contribution in [1.82, 2.24) is 4.90 Å². The van der Waals surface area contributed by atoms with Gasteiger partial charge in [0.1, 0.15) is 0 Å². The lowest BCUT2D eigenvalue weighted by Crippen LogP contribution is -2.40. The van der Waals surface area contributed by atoms with Gasteiger partial charge in [0.25, 0.3) is 5.91 Å². The molecule has 0 bridgehead atoms. The summed E-state index contributed by atoms with van der Waals surface area (Å²) in [4.78, 5) is 24.8. The minimum Gasteiger partial charge on any atom is -0.368 e. The Morgan fingerprint density at radius 3 is 2.47 bits per heavy atom. The van der Waals surface area contributed by atoms with Crippen LogP contribution in [0, 0.1) is 5.92 Å². The summed E-state index contributed by atoms with van der Waals surface area (Å²) in [5.41, 5.74) is 5.61. The zero-order chi connectivity index (χ0) is 14.6. The second-order valence-electron chi connectivity index (χ2n) is 4.70. The highest BCUT2D eigenvalue weighted by Crippen LogP contribution is 2.21. The van der Waals surface area contributed by atoms with E-state index in [2.05, 4.69) is 15.9 Å². The van der Waals surface area contributed by atoms with Crippen LogP contribution in [-0.4, -0.2) is 29.8 Å². The van der Waals surface area contributed by atoms with E-state index in [1.807, 2.05) is 13.8 Å². The van der Waals surface area contributed by atoms with Crippen molar-refractivity contribution in [3.8, 4) is 0 Å². The normalized spacial score (nSPS) is 10.6. The number of amides is 2. The first-order valence-electron chi connectivity index (χ1n) is 5.83. The lowest BCUT2D eigenvalue weighted by Gasteiger charge is -2.23. The molecule has 0 spiro atoms. The van der Waals surface area contributed by atoms with Gasteiger partial charge in [-0.05, 0) is 24.1 Å². The van der Waals surface area contributed by atoms with E-state index in [1.165, 1.54) is 4.90 Å². The molecule has 0 aliphatic carbocycles. The van der Waals surface area contributed by atoms with Gasteiger partial charge >= 0.3 is 0 Å². The van der Waals surface area contributed by atoms with Crippen LogP contribution in [0.4, 0.5) is 0 Å². The predicted molar refractivity (Wildman–Crippen MR) is 79.1 cm³/mol. The number of nitrogens with two attached hydrogens (primary N) is 1. The van der Waals surface area contributed by atoms with Crippen LogP contribution in [0.25, 0.3) is 0 Å². The standard InChI is InChI=1S/C13H16BrClN2O2/c1-8(2)6-17(7-12(16)18)13(19)9-3-10(14)5-11(15)4-9/h3-5,8H,6-7H2,1-2H3,(H2,16,18). The van der Waals surface area contributed by atoms with E-state index < -0.39 is 5.91 Å². The molecule has 0 saturated carbocycles. The molecule has 0 aromatic heterocycles. The van der Waals surface area contributed by atoms with Gasteiger partial charge in [0.15, 0.2) is 0 Å². The Bertz CT molecular complexity index is 471. The highest BCUT2D eigenvalue weighted by atomic mass is 79.9. The molecule has 6 heteroatoms. The number of nitrogens with zero attached hydrogens (tertiary/aromatic N) is 1. The largest absolute Gasteiger partial charge is 0.368 e. The van der Waals surface area contributed by atoms with Crippen molar-refractivity contribution in [2.75, 3.05) is 13.1 Å². The summed E-state index contributed by atoms with van der Waals surface area (Å²) >= 11 is 9.20. The Hall–Kier alpha value is -1.07. The summed E-state index contributed by atoms with van der Waals surface area (Å²) < 4.78 is 0.715. The number of benzene rings is 1. The van der Waals surface area contributed by atoms with Crippen molar-refractivity contribution in [3.05, 3.63) is 33.3 Å². The fourth-order valence-corrected chi connectivity index (χ4v) is 2.57. The first-order valence-corrected chi connectivity index (χ1v) is 7.00. The first-order chi connectivity index (χ1) is 8.79. The summed E-state index contributed by atoms with van der Waals surface area (Å²) in [6.07, 6.45) is 0. The van der Waals surface area contributed by atoms with Gasteiger partial charge in [-0.15, -0.1) is 0 Å². The second kappa shape index (κ2) is 6.91. The average Bonchev–Trinajstić information content (AvgIpc) is 2.24. The van der Waals surface area contributed by atoms with E-state index in [0.717, 1.165) is 0 Å². The van der Waals surface area contributed by atoms with Gasteiger partial charge in [0.2, 0.25) is 5.91 Å². The number of rotatable bonds is 5. The summed E-state index contributed by atoms with van der Waals surface area (Å²) in [5.74, 6) is -0.545. The minimum absolute atomic E-state index is 0.0961. The van der Waals surface area contributed by atoms with Gasteiger partial charge in [0.05, 0.1) is 6.54 Å². The van der Waals surface area contributed by atoms with Crippen molar-refractivity contribution in [1.29, 1.82) is 0 Å². The lowest BCUT2D eigenvalue weighted by atomic mass is 10.1. The Morgan fingerprint density at radius 2 is 2.00 bits per heavy atom. The van der Waals surface area contributed by atoms with Crippen LogP contribution >= 0.6 is 27.5 Å². The van der Waals surface area contributed by atoms with Crippen molar-refractivity contribution >= 4 is 39.3 Å². The second-order valence-corrected chi connectivity index (χ2v) is 6.06. The minimum atomic E-state index is -0.532. The molecule has 1 aromatic carbocycles. The van der Waals surface area contributed by atoms with Gasteiger partial charge in [-0.1, -0.05) is 41.4 Å². The lowest BCUT2D eigenvalue weighted by molar-refractivity contribution is -0.118. The van der Waals surface area contributed by atoms with E-state index in [4.69, 9.17) is 17.3 Å². The molecule has 0 radical (unpaired) electrons. The number of carbonyl (C=O) groups excluding carboxylic acids is 2. The van der Waals surface area contributed by atoms with Crippen molar-refractivity contribution in [3.63, 3.8) is 0 Å². The van der Waals surface area contributed by atoms with E-state index in [1.54, 1.807) is 18.2 Å². The third kappa shape index (κ3) is 5.20. The molecule has 4 nitrogen and oxygen atoms in total. The topological polar surface area (TPSA) is 63.4 Å². The maximum atomic E-state index is 12.4. The molecule has 1 aromatic rings. The fourth-order valence-electron chi connectivity index (χ4n) is 1.71. The third-order valence-corrected chi connectivity index (χ3v) is 3.01. The number of hydrogen-bond acceptors (Lipinski definition) is 2. The third-order valence-electron chi connectivity index (χ3n) is 2.33. The van der Waals surface area contributed by atoms with Gasteiger partial charge in [-0.3, -0.25) is 9.59 Å². The first kappa shape index (κ1) is 16.0. The summed E-state index contributed by atoms with van der Waals surface area (Å²) in [6.45, 7) is 4.30. The molecular weight excluding hydrogens is 332 g/mol. The molecule has 0 atom stereocenters. The molecule has 0 aliphatic rings. The molecule has 2 N–H and O–H groups in total.